The highest BCUT2D eigenvalue weighted by molar-refractivity contribution is 6.25. The molecule has 4 aliphatic rings. The molecule has 4 aliphatic heterocycles. The molecule has 6 heteroatoms. The van der Waals surface area contributed by atoms with Crippen molar-refractivity contribution in [2.24, 2.45) is 11.8 Å². The Balaban J connectivity index is 1.55. The number of nitrogens with zero attached hydrogens (tertiary/aromatic N) is 2. The van der Waals surface area contributed by atoms with Crippen LogP contribution in [0.25, 0.3) is 0 Å². The van der Waals surface area contributed by atoms with Crippen LogP contribution in [0.4, 0.5) is 11.4 Å². The molecule has 4 atom stereocenters. The summed E-state index contributed by atoms with van der Waals surface area (Å²) in [7, 11) is 0. The molecular formula is C25H25N3O3. The van der Waals surface area contributed by atoms with Crippen molar-refractivity contribution in [3.8, 4) is 0 Å². The van der Waals surface area contributed by atoms with Crippen molar-refractivity contribution in [2.75, 3.05) is 16.8 Å². The molecule has 6 rings (SSSR count). The molecule has 2 aromatic carbocycles. The summed E-state index contributed by atoms with van der Waals surface area (Å²) in [5.74, 6) is -1.76. The third-order valence-corrected chi connectivity index (χ3v) is 7.76. The molecule has 31 heavy (non-hydrogen) atoms. The fourth-order valence-electron chi connectivity index (χ4n) is 6.42. The quantitative estimate of drug-likeness (QED) is 0.766. The van der Waals surface area contributed by atoms with E-state index in [-0.39, 0.29) is 23.8 Å². The molecule has 0 unspecified atom stereocenters. The highest BCUT2D eigenvalue weighted by Gasteiger charge is 2.74. The first-order chi connectivity index (χ1) is 15.0. The molecule has 6 nitrogen and oxygen atoms in total. The van der Waals surface area contributed by atoms with Crippen LogP contribution in [0, 0.1) is 18.8 Å². The lowest BCUT2D eigenvalue weighted by atomic mass is 9.75. The van der Waals surface area contributed by atoms with E-state index in [0.29, 0.717) is 5.69 Å². The molecule has 2 aromatic rings. The summed E-state index contributed by atoms with van der Waals surface area (Å²) in [4.78, 5) is 44.7. The van der Waals surface area contributed by atoms with Crippen molar-refractivity contribution in [1.29, 1.82) is 0 Å². The van der Waals surface area contributed by atoms with Gasteiger partial charge in [-0.15, -0.1) is 0 Å². The van der Waals surface area contributed by atoms with Gasteiger partial charge in [0.25, 0.3) is 0 Å². The van der Waals surface area contributed by atoms with Crippen molar-refractivity contribution in [3.63, 3.8) is 0 Å². The minimum atomic E-state index is -1.10. The molecule has 0 aliphatic carbocycles. The molecule has 1 N–H and O–H groups in total. The highest BCUT2D eigenvalue weighted by Crippen LogP contribution is 2.60. The number of carbonyl (C=O) groups is 3. The number of rotatable bonds is 2. The average molecular weight is 415 g/mol. The van der Waals surface area contributed by atoms with Crippen LogP contribution >= 0.6 is 0 Å². The second kappa shape index (κ2) is 6.26. The van der Waals surface area contributed by atoms with Gasteiger partial charge in [0.1, 0.15) is 5.54 Å². The maximum Gasteiger partial charge on any atom is 0.250 e. The largest absolute Gasteiger partial charge is 0.324 e. The summed E-state index contributed by atoms with van der Waals surface area (Å²) in [5.41, 5.74) is 3.32. The summed E-state index contributed by atoms with van der Waals surface area (Å²) in [6, 6.07) is 13.4. The van der Waals surface area contributed by atoms with E-state index >= 15 is 0 Å². The van der Waals surface area contributed by atoms with Crippen molar-refractivity contribution >= 4 is 29.1 Å². The zero-order chi connectivity index (χ0) is 21.5. The first-order valence-corrected chi connectivity index (χ1v) is 11.1. The number of hydrogen-bond donors (Lipinski definition) is 1. The van der Waals surface area contributed by atoms with Gasteiger partial charge >= 0.3 is 0 Å². The number of benzene rings is 2. The Morgan fingerprint density at radius 1 is 1.06 bits per heavy atom. The van der Waals surface area contributed by atoms with E-state index in [0.717, 1.165) is 48.2 Å². The second-order valence-corrected chi connectivity index (χ2v) is 9.21. The fraction of sp³-hybridized carbons (Fsp3) is 0.400. The van der Waals surface area contributed by atoms with E-state index in [9.17, 15) is 14.4 Å². The number of carbonyl (C=O) groups excluding carboxylic acids is 3. The lowest BCUT2D eigenvalue weighted by Crippen LogP contribution is -2.54. The van der Waals surface area contributed by atoms with Gasteiger partial charge in [0, 0.05) is 17.3 Å². The molecule has 0 bridgehead atoms. The number of anilines is 2. The molecule has 0 radical (unpaired) electrons. The van der Waals surface area contributed by atoms with Crippen LogP contribution in [-0.2, 0) is 26.3 Å². The summed E-state index contributed by atoms with van der Waals surface area (Å²) >= 11 is 0. The van der Waals surface area contributed by atoms with Gasteiger partial charge in [0.2, 0.25) is 17.7 Å². The third kappa shape index (κ3) is 2.18. The molecule has 3 fully saturated rings. The maximum atomic E-state index is 13.9. The molecule has 4 heterocycles. The van der Waals surface area contributed by atoms with Gasteiger partial charge in [0.15, 0.2) is 0 Å². The van der Waals surface area contributed by atoms with Gasteiger partial charge in [-0.05, 0) is 56.5 Å². The lowest BCUT2D eigenvalue weighted by Gasteiger charge is -2.36. The summed E-state index contributed by atoms with van der Waals surface area (Å²) < 4.78 is 0. The number of amides is 3. The topological polar surface area (TPSA) is 69.7 Å². The highest BCUT2D eigenvalue weighted by atomic mass is 16.2. The van der Waals surface area contributed by atoms with E-state index in [1.54, 1.807) is 0 Å². The smallest absolute Gasteiger partial charge is 0.250 e. The van der Waals surface area contributed by atoms with Crippen LogP contribution in [0.15, 0.2) is 42.5 Å². The number of aryl methyl sites for hydroxylation is 2. The molecule has 3 amide bonds. The minimum Gasteiger partial charge on any atom is -0.324 e. The minimum absolute atomic E-state index is 0.0844. The SMILES string of the molecule is CCc1ccc2c(c1)[C@]1(C(=O)N2)[C@@H]2C(=O)N(c3ccc(C)cc3)C(=O)[C@@H]2[C@@H]2CCCN21. The first kappa shape index (κ1) is 18.8. The molecule has 0 saturated carbocycles. The van der Waals surface area contributed by atoms with Crippen molar-refractivity contribution in [2.45, 2.75) is 44.7 Å². The van der Waals surface area contributed by atoms with Crippen LogP contribution in [-0.4, -0.2) is 35.2 Å². The van der Waals surface area contributed by atoms with Crippen LogP contribution in [0.1, 0.15) is 36.5 Å². The molecule has 3 saturated heterocycles. The van der Waals surface area contributed by atoms with Crippen molar-refractivity contribution in [1.82, 2.24) is 4.90 Å². The monoisotopic (exact) mass is 415 g/mol. The van der Waals surface area contributed by atoms with Gasteiger partial charge in [-0.2, -0.15) is 0 Å². The summed E-state index contributed by atoms with van der Waals surface area (Å²) in [6.45, 7) is 4.78. The Kier molecular flexibility index (Phi) is 3.79. The maximum absolute atomic E-state index is 13.9. The predicted molar refractivity (Wildman–Crippen MR) is 117 cm³/mol. The zero-order valence-corrected chi connectivity index (χ0v) is 17.7. The zero-order valence-electron chi connectivity index (χ0n) is 17.7. The predicted octanol–water partition coefficient (Wildman–Crippen LogP) is 2.99. The fourth-order valence-corrected chi connectivity index (χ4v) is 6.42. The number of hydrogen-bond acceptors (Lipinski definition) is 4. The van der Waals surface area contributed by atoms with Crippen LogP contribution in [0.2, 0.25) is 0 Å². The summed E-state index contributed by atoms with van der Waals surface area (Å²) in [5, 5.41) is 3.04. The van der Waals surface area contributed by atoms with Crippen molar-refractivity contribution < 1.29 is 14.4 Å². The average Bonchev–Trinajstić information content (AvgIpc) is 3.47. The van der Waals surface area contributed by atoms with E-state index in [4.69, 9.17) is 0 Å². The van der Waals surface area contributed by atoms with Crippen LogP contribution in [0.3, 0.4) is 0 Å². The summed E-state index contributed by atoms with van der Waals surface area (Å²) in [6.07, 6.45) is 2.61. The van der Waals surface area contributed by atoms with Gasteiger partial charge in [-0.1, -0.05) is 36.8 Å². The van der Waals surface area contributed by atoms with E-state index in [1.165, 1.54) is 4.90 Å². The number of imide groups is 1. The number of fused-ring (bicyclic) bond motifs is 7. The molecule has 0 aromatic heterocycles. The Morgan fingerprint density at radius 3 is 2.58 bits per heavy atom. The Labute approximate surface area is 181 Å². The Bertz CT molecular complexity index is 1140. The third-order valence-electron chi connectivity index (χ3n) is 7.76. The molecular weight excluding hydrogens is 390 g/mol. The molecule has 1 spiro atoms. The Morgan fingerprint density at radius 2 is 1.84 bits per heavy atom. The van der Waals surface area contributed by atoms with E-state index < -0.39 is 17.4 Å². The van der Waals surface area contributed by atoms with Gasteiger partial charge in [-0.25, -0.2) is 4.90 Å². The normalized spacial score (nSPS) is 31.4. The van der Waals surface area contributed by atoms with Gasteiger partial charge in [0.05, 0.1) is 17.5 Å². The van der Waals surface area contributed by atoms with Crippen LogP contribution in [0.5, 0.6) is 0 Å². The van der Waals surface area contributed by atoms with Gasteiger partial charge < -0.3 is 5.32 Å². The standard InChI is InChI=1S/C25H25N3O3/c1-3-15-8-11-18-17(13-15)25(24(31)26-18)21-20(19-5-4-12-27(19)25)22(29)28(23(21)30)16-9-6-14(2)7-10-16/h6-11,13,19-21H,3-5,12H2,1-2H3,(H,26,31)/t19-,20+,21-,25+/m0/s1. The Hall–Kier alpha value is -2.99. The van der Waals surface area contributed by atoms with Crippen molar-refractivity contribution in [3.05, 3.63) is 59.2 Å². The number of nitrogens with one attached hydrogen (secondary N) is 1. The van der Waals surface area contributed by atoms with E-state index in [1.807, 2.05) is 43.3 Å². The van der Waals surface area contributed by atoms with E-state index in [2.05, 4.69) is 23.2 Å². The lowest BCUT2D eigenvalue weighted by molar-refractivity contribution is -0.135. The molecule has 158 valence electrons. The second-order valence-electron chi connectivity index (χ2n) is 9.21. The van der Waals surface area contributed by atoms with Gasteiger partial charge in [-0.3, -0.25) is 19.3 Å². The van der Waals surface area contributed by atoms with Crippen LogP contribution < -0.4 is 10.2 Å². The first-order valence-electron chi connectivity index (χ1n) is 11.1.